The lowest BCUT2D eigenvalue weighted by Gasteiger charge is -2.30. The van der Waals surface area contributed by atoms with Crippen LogP contribution in [0.2, 0.25) is 0 Å². The van der Waals surface area contributed by atoms with Gasteiger partial charge in [-0.2, -0.15) is 0 Å². The number of aromatic nitrogens is 4. The molecule has 0 bridgehead atoms. The molecule has 0 unspecified atom stereocenters. The monoisotopic (exact) mass is 359 g/mol. The van der Waals surface area contributed by atoms with Crippen molar-refractivity contribution in [1.29, 1.82) is 0 Å². The zero-order valence-corrected chi connectivity index (χ0v) is 16.2. The zero-order chi connectivity index (χ0) is 17.6. The van der Waals surface area contributed by atoms with Crippen LogP contribution in [0, 0.1) is 0 Å². The molecule has 7 heteroatoms. The number of nitrogens with zero attached hydrogens (tertiary/aromatic N) is 5. The molecule has 0 N–H and O–H groups in total. The second-order valence-electron chi connectivity index (χ2n) is 7.54. The maximum Gasteiger partial charge on any atom is 0.168 e. The molecule has 25 heavy (non-hydrogen) atoms. The van der Waals surface area contributed by atoms with Gasteiger partial charge >= 0.3 is 0 Å². The van der Waals surface area contributed by atoms with E-state index in [1.54, 1.807) is 17.7 Å². The summed E-state index contributed by atoms with van der Waals surface area (Å²) in [6.45, 7) is 9.00. The van der Waals surface area contributed by atoms with Gasteiger partial charge in [0.15, 0.2) is 11.5 Å². The summed E-state index contributed by atoms with van der Waals surface area (Å²) in [4.78, 5) is 14.1. The zero-order valence-electron chi connectivity index (χ0n) is 15.4. The highest BCUT2D eigenvalue weighted by Gasteiger charge is 2.30. The maximum absolute atomic E-state index is 5.96. The Morgan fingerprint density at radius 3 is 3.04 bits per heavy atom. The summed E-state index contributed by atoms with van der Waals surface area (Å²) in [7, 11) is 2.13. The molecule has 1 aliphatic rings. The number of ether oxygens (including phenoxy) is 1. The molecular formula is C18H25N5OS. The van der Waals surface area contributed by atoms with Gasteiger partial charge in [0, 0.05) is 11.3 Å². The van der Waals surface area contributed by atoms with Crippen LogP contribution in [0.25, 0.3) is 15.9 Å². The van der Waals surface area contributed by atoms with Crippen molar-refractivity contribution in [2.75, 3.05) is 13.6 Å². The summed E-state index contributed by atoms with van der Waals surface area (Å²) >= 11 is 1.72. The maximum atomic E-state index is 5.96. The average Bonchev–Trinajstić information content (AvgIpc) is 3.11. The topological polar surface area (TPSA) is 55.6 Å². The molecule has 4 rings (SSSR count). The summed E-state index contributed by atoms with van der Waals surface area (Å²) in [5, 5.41) is 5.81. The lowest BCUT2D eigenvalue weighted by Crippen LogP contribution is -2.31. The van der Waals surface area contributed by atoms with Gasteiger partial charge < -0.3 is 4.74 Å². The van der Waals surface area contributed by atoms with E-state index in [0.717, 1.165) is 41.2 Å². The van der Waals surface area contributed by atoms with Crippen LogP contribution in [0.4, 0.5) is 0 Å². The van der Waals surface area contributed by atoms with Gasteiger partial charge in [0.25, 0.3) is 0 Å². The van der Waals surface area contributed by atoms with Crippen LogP contribution in [-0.2, 0) is 24.3 Å². The number of hydrogen-bond donors (Lipinski definition) is 0. The molecule has 0 radical (unpaired) electrons. The molecule has 0 fully saturated rings. The Balaban J connectivity index is 1.75. The Morgan fingerprint density at radius 2 is 2.24 bits per heavy atom. The number of hydrogen-bond acceptors (Lipinski definition) is 6. The quantitative estimate of drug-likeness (QED) is 0.699. The standard InChI is InChI=1S/C18H25N5OS/c1-5-6-7-22(4)9-14-20-16-15-12-8-18(2,3)24-10-13(12)25-17(15)19-11-23(16)21-14/h11H,5-10H2,1-4H3. The van der Waals surface area contributed by atoms with Crippen molar-refractivity contribution >= 4 is 27.2 Å². The van der Waals surface area contributed by atoms with Crippen molar-refractivity contribution in [3.05, 3.63) is 22.6 Å². The van der Waals surface area contributed by atoms with E-state index in [4.69, 9.17) is 9.72 Å². The molecule has 0 saturated heterocycles. The predicted molar refractivity (Wildman–Crippen MR) is 100.0 cm³/mol. The molecule has 3 aromatic rings. The van der Waals surface area contributed by atoms with Crippen LogP contribution in [0.15, 0.2) is 6.33 Å². The first-order valence-corrected chi connectivity index (χ1v) is 9.75. The van der Waals surface area contributed by atoms with Crippen LogP contribution in [0.3, 0.4) is 0 Å². The van der Waals surface area contributed by atoms with Gasteiger partial charge in [-0.25, -0.2) is 14.5 Å². The Bertz CT molecular complexity index is 913. The lowest BCUT2D eigenvalue weighted by atomic mass is 9.94. The highest BCUT2D eigenvalue weighted by atomic mass is 32.1. The molecule has 0 saturated carbocycles. The first-order chi connectivity index (χ1) is 12.0. The minimum atomic E-state index is -0.142. The van der Waals surface area contributed by atoms with Crippen molar-refractivity contribution < 1.29 is 4.74 Å². The smallest absolute Gasteiger partial charge is 0.168 e. The third kappa shape index (κ3) is 3.16. The summed E-state index contributed by atoms with van der Waals surface area (Å²) in [6.07, 6.45) is 5.08. The van der Waals surface area contributed by atoms with E-state index in [9.17, 15) is 0 Å². The Hall–Kier alpha value is -1.57. The van der Waals surface area contributed by atoms with E-state index in [0.29, 0.717) is 6.61 Å². The van der Waals surface area contributed by atoms with Crippen LogP contribution < -0.4 is 0 Å². The largest absolute Gasteiger partial charge is 0.370 e. The van der Waals surface area contributed by atoms with Gasteiger partial charge in [-0.15, -0.1) is 16.4 Å². The van der Waals surface area contributed by atoms with Crippen LogP contribution in [0.1, 0.15) is 49.9 Å². The molecule has 0 amide bonds. The Morgan fingerprint density at radius 1 is 1.40 bits per heavy atom. The highest BCUT2D eigenvalue weighted by molar-refractivity contribution is 7.19. The number of fused-ring (bicyclic) bond motifs is 5. The van der Waals surface area contributed by atoms with E-state index in [1.165, 1.54) is 23.3 Å². The normalized spacial score (nSPS) is 16.8. The molecule has 6 nitrogen and oxygen atoms in total. The van der Waals surface area contributed by atoms with E-state index in [-0.39, 0.29) is 5.60 Å². The van der Waals surface area contributed by atoms with Crippen molar-refractivity contribution in [2.45, 2.75) is 58.8 Å². The third-order valence-electron chi connectivity index (χ3n) is 4.76. The molecule has 1 aliphatic heterocycles. The SMILES string of the molecule is CCCCN(C)Cc1nc2c3c4c(sc3ncn2n1)COC(C)(C)C4. The fourth-order valence-electron chi connectivity index (χ4n) is 3.40. The van der Waals surface area contributed by atoms with Crippen LogP contribution >= 0.6 is 11.3 Å². The van der Waals surface area contributed by atoms with Gasteiger partial charge in [0.05, 0.1) is 24.1 Å². The van der Waals surface area contributed by atoms with Gasteiger partial charge in [-0.3, -0.25) is 4.90 Å². The van der Waals surface area contributed by atoms with Gasteiger partial charge in [-0.05, 0) is 39.4 Å². The molecule has 3 aromatic heterocycles. The van der Waals surface area contributed by atoms with E-state index >= 15 is 0 Å². The minimum Gasteiger partial charge on any atom is -0.370 e. The van der Waals surface area contributed by atoms with Gasteiger partial charge in [0.1, 0.15) is 11.2 Å². The van der Waals surface area contributed by atoms with Crippen molar-refractivity contribution in [1.82, 2.24) is 24.5 Å². The highest BCUT2D eigenvalue weighted by Crippen LogP contribution is 2.39. The molecule has 0 aromatic carbocycles. The molecule has 0 atom stereocenters. The summed E-state index contributed by atoms with van der Waals surface area (Å²) < 4.78 is 7.80. The molecular weight excluding hydrogens is 334 g/mol. The van der Waals surface area contributed by atoms with Crippen molar-refractivity contribution in [3.8, 4) is 0 Å². The first kappa shape index (κ1) is 16.9. The van der Waals surface area contributed by atoms with E-state index < -0.39 is 0 Å². The Kier molecular flexibility index (Phi) is 4.25. The minimum absolute atomic E-state index is 0.142. The summed E-state index contributed by atoms with van der Waals surface area (Å²) in [5.74, 6) is 0.860. The number of unbranched alkanes of at least 4 members (excludes halogenated alkanes) is 1. The molecule has 0 spiro atoms. The molecule has 134 valence electrons. The second-order valence-corrected chi connectivity index (χ2v) is 8.62. The second kappa shape index (κ2) is 6.30. The predicted octanol–water partition coefficient (Wildman–Crippen LogP) is 3.42. The summed E-state index contributed by atoms with van der Waals surface area (Å²) in [5.41, 5.74) is 2.13. The van der Waals surface area contributed by atoms with Crippen LogP contribution in [0.5, 0.6) is 0 Å². The van der Waals surface area contributed by atoms with Gasteiger partial charge in [-0.1, -0.05) is 13.3 Å². The molecule has 0 aliphatic carbocycles. The molecule has 4 heterocycles. The fraction of sp³-hybridized carbons (Fsp3) is 0.611. The Labute approximate surface area is 151 Å². The number of thiophene rings is 1. The fourth-order valence-corrected chi connectivity index (χ4v) is 4.47. The summed E-state index contributed by atoms with van der Waals surface area (Å²) in [6, 6.07) is 0. The van der Waals surface area contributed by atoms with Crippen molar-refractivity contribution in [2.24, 2.45) is 0 Å². The van der Waals surface area contributed by atoms with Crippen molar-refractivity contribution in [3.63, 3.8) is 0 Å². The van der Waals surface area contributed by atoms with E-state index in [2.05, 4.69) is 42.8 Å². The third-order valence-corrected chi connectivity index (χ3v) is 5.87. The average molecular weight is 359 g/mol. The lowest BCUT2D eigenvalue weighted by molar-refractivity contribution is -0.0379. The van der Waals surface area contributed by atoms with E-state index in [1.807, 2.05) is 4.52 Å². The van der Waals surface area contributed by atoms with Gasteiger partial charge in [0.2, 0.25) is 0 Å². The number of rotatable bonds is 5. The first-order valence-electron chi connectivity index (χ1n) is 8.94. The van der Waals surface area contributed by atoms with Crippen LogP contribution in [-0.4, -0.2) is 43.7 Å².